The second-order valence-electron chi connectivity index (χ2n) is 6.40. The maximum atomic E-state index is 12.5. The van der Waals surface area contributed by atoms with Crippen molar-refractivity contribution in [1.29, 1.82) is 0 Å². The number of carbonyl (C=O) groups is 1. The highest BCUT2D eigenvalue weighted by Gasteiger charge is 2.16. The number of benzene rings is 3. The Morgan fingerprint density at radius 2 is 1.71 bits per heavy atom. The summed E-state index contributed by atoms with van der Waals surface area (Å²) >= 11 is 6.14. The summed E-state index contributed by atoms with van der Waals surface area (Å²) in [5.41, 5.74) is 0.377. The SMILES string of the molecule is COc1cccc(OCCNC(=O)c2cc(NS(=O)(=O)c3ccccc3)ccc2Cl)c1. The summed E-state index contributed by atoms with van der Waals surface area (Å²) in [6, 6.07) is 19.4. The van der Waals surface area contributed by atoms with Gasteiger partial charge in [0.15, 0.2) is 0 Å². The van der Waals surface area contributed by atoms with Gasteiger partial charge in [0.05, 0.1) is 29.1 Å². The van der Waals surface area contributed by atoms with Crippen LogP contribution in [0.25, 0.3) is 0 Å². The van der Waals surface area contributed by atoms with Crippen molar-refractivity contribution in [3.63, 3.8) is 0 Å². The molecule has 0 unspecified atom stereocenters. The lowest BCUT2D eigenvalue weighted by molar-refractivity contribution is 0.0947. The molecule has 0 saturated heterocycles. The van der Waals surface area contributed by atoms with E-state index in [1.165, 1.54) is 30.3 Å². The first kappa shape index (κ1) is 22.5. The van der Waals surface area contributed by atoms with E-state index >= 15 is 0 Å². The lowest BCUT2D eigenvalue weighted by Gasteiger charge is -2.12. The van der Waals surface area contributed by atoms with Gasteiger partial charge in [-0.25, -0.2) is 8.42 Å². The molecule has 1 amide bonds. The highest BCUT2D eigenvalue weighted by atomic mass is 35.5. The molecule has 3 aromatic rings. The fourth-order valence-electron chi connectivity index (χ4n) is 2.70. The Morgan fingerprint density at radius 3 is 2.45 bits per heavy atom. The van der Waals surface area contributed by atoms with E-state index in [2.05, 4.69) is 10.0 Å². The van der Waals surface area contributed by atoms with E-state index < -0.39 is 15.9 Å². The maximum absolute atomic E-state index is 12.5. The minimum Gasteiger partial charge on any atom is -0.497 e. The second kappa shape index (κ2) is 10.2. The maximum Gasteiger partial charge on any atom is 0.261 e. The molecule has 162 valence electrons. The Morgan fingerprint density at radius 1 is 0.968 bits per heavy atom. The van der Waals surface area contributed by atoms with E-state index in [9.17, 15) is 13.2 Å². The van der Waals surface area contributed by atoms with Crippen molar-refractivity contribution in [3.8, 4) is 11.5 Å². The van der Waals surface area contributed by atoms with Crippen LogP contribution in [0.1, 0.15) is 10.4 Å². The van der Waals surface area contributed by atoms with Crippen LogP contribution in [-0.4, -0.2) is 34.6 Å². The smallest absolute Gasteiger partial charge is 0.261 e. The molecule has 7 nitrogen and oxygen atoms in total. The van der Waals surface area contributed by atoms with Gasteiger partial charge in [0, 0.05) is 11.8 Å². The van der Waals surface area contributed by atoms with E-state index in [-0.39, 0.29) is 34.3 Å². The van der Waals surface area contributed by atoms with Crippen LogP contribution < -0.4 is 19.5 Å². The Kier molecular flexibility index (Phi) is 7.38. The second-order valence-corrected chi connectivity index (χ2v) is 8.49. The molecule has 0 radical (unpaired) electrons. The van der Waals surface area contributed by atoms with E-state index in [4.69, 9.17) is 21.1 Å². The fourth-order valence-corrected chi connectivity index (χ4v) is 3.97. The third-order valence-corrected chi connectivity index (χ3v) is 5.94. The van der Waals surface area contributed by atoms with Crippen LogP contribution in [0.3, 0.4) is 0 Å². The van der Waals surface area contributed by atoms with Crippen molar-refractivity contribution in [2.45, 2.75) is 4.90 Å². The monoisotopic (exact) mass is 460 g/mol. The molecule has 0 heterocycles. The Balaban J connectivity index is 1.61. The standard InChI is InChI=1S/C22H21ClN2O5S/c1-29-17-6-5-7-18(15-17)30-13-12-24-22(26)20-14-16(10-11-21(20)23)25-31(27,28)19-8-3-2-4-9-19/h2-11,14-15,25H,12-13H2,1H3,(H,24,26). The van der Waals surface area contributed by atoms with Crippen molar-refractivity contribution in [3.05, 3.63) is 83.4 Å². The molecule has 0 fully saturated rings. The van der Waals surface area contributed by atoms with E-state index in [0.29, 0.717) is 11.5 Å². The van der Waals surface area contributed by atoms with E-state index in [0.717, 1.165) is 0 Å². The summed E-state index contributed by atoms with van der Waals surface area (Å²) in [4.78, 5) is 12.6. The predicted octanol–water partition coefficient (Wildman–Crippen LogP) is 3.96. The summed E-state index contributed by atoms with van der Waals surface area (Å²) in [6.45, 7) is 0.462. The number of hydrogen-bond donors (Lipinski definition) is 2. The lowest BCUT2D eigenvalue weighted by Crippen LogP contribution is -2.28. The third-order valence-electron chi connectivity index (χ3n) is 4.21. The first-order chi connectivity index (χ1) is 14.9. The zero-order valence-corrected chi connectivity index (χ0v) is 18.2. The topological polar surface area (TPSA) is 93.7 Å². The number of nitrogens with one attached hydrogen (secondary N) is 2. The quantitative estimate of drug-likeness (QED) is 0.471. The Labute approximate surface area is 186 Å². The molecule has 31 heavy (non-hydrogen) atoms. The van der Waals surface area contributed by atoms with Crippen LogP contribution in [0.5, 0.6) is 11.5 Å². The van der Waals surface area contributed by atoms with Crippen LogP contribution in [-0.2, 0) is 10.0 Å². The molecule has 0 aliphatic heterocycles. The first-order valence-electron chi connectivity index (χ1n) is 9.31. The molecule has 0 aliphatic carbocycles. The summed E-state index contributed by atoms with van der Waals surface area (Å²) < 4.78 is 38.1. The van der Waals surface area contributed by atoms with Gasteiger partial charge in [-0.2, -0.15) is 0 Å². The number of methoxy groups -OCH3 is 1. The number of hydrogen-bond acceptors (Lipinski definition) is 5. The van der Waals surface area contributed by atoms with Crippen LogP contribution in [0.15, 0.2) is 77.7 Å². The molecule has 3 rings (SSSR count). The number of ether oxygens (including phenoxy) is 2. The molecule has 9 heteroatoms. The third kappa shape index (κ3) is 6.13. The summed E-state index contributed by atoms with van der Waals surface area (Å²) in [5.74, 6) is 0.840. The van der Waals surface area contributed by atoms with Gasteiger partial charge in [0.1, 0.15) is 18.1 Å². The van der Waals surface area contributed by atoms with Crippen LogP contribution in [0.4, 0.5) is 5.69 Å². The number of carbonyl (C=O) groups excluding carboxylic acids is 1. The van der Waals surface area contributed by atoms with Gasteiger partial charge >= 0.3 is 0 Å². The average Bonchev–Trinajstić information content (AvgIpc) is 2.78. The van der Waals surface area contributed by atoms with Gasteiger partial charge in [-0.1, -0.05) is 35.9 Å². The van der Waals surface area contributed by atoms with Gasteiger partial charge in [0.25, 0.3) is 15.9 Å². The summed E-state index contributed by atoms with van der Waals surface area (Å²) in [7, 11) is -2.21. The fraction of sp³-hybridized carbons (Fsp3) is 0.136. The first-order valence-corrected chi connectivity index (χ1v) is 11.2. The van der Waals surface area contributed by atoms with Crippen LogP contribution in [0, 0.1) is 0 Å². The van der Waals surface area contributed by atoms with Crippen LogP contribution in [0.2, 0.25) is 5.02 Å². The van der Waals surface area contributed by atoms with Crippen molar-refractivity contribution >= 4 is 33.2 Å². The van der Waals surface area contributed by atoms with Gasteiger partial charge in [-0.05, 0) is 42.5 Å². The van der Waals surface area contributed by atoms with Gasteiger partial charge < -0.3 is 14.8 Å². The number of amides is 1. The molecule has 0 aliphatic rings. The molecule has 0 spiro atoms. The Bertz CT molecular complexity index is 1150. The largest absolute Gasteiger partial charge is 0.497 e. The summed E-state index contributed by atoms with van der Waals surface area (Å²) in [5, 5.41) is 2.91. The molecular weight excluding hydrogens is 440 g/mol. The minimum absolute atomic E-state index is 0.116. The Hall–Kier alpha value is -3.23. The molecule has 0 bridgehead atoms. The van der Waals surface area contributed by atoms with Crippen LogP contribution >= 0.6 is 11.6 Å². The number of sulfonamides is 1. The highest BCUT2D eigenvalue weighted by Crippen LogP contribution is 2.23. The zero-order chi connectivity index (χ0) is 22.3. The van der Waals surface area contributed by atoms with Crippen molar-refractivity contribution in [2.24, 2.45) is 0 Å². The van der Waals surface area contributed by atoms with Crippen molar-refractivity contribution in [2.75, 3.05) is 25.0 Å². The molecular formula is C22H21ClN2O5S. The highest BCUT2D eigenvalue weighted by molar-refractivity contribution is 7.92. The molecule has 0 aromatic heterocycles. The minimum atomic E-state index is -3.78. The number of rotatable bonds is 9. The van der Waals surface area contributed by atoms with Gasteiger partial charge in [-0.15, -0.1) is 0 Å². The number of anilines is 1. The lowest BCUT2D eigenvalue weighted by atomic mass is 10.2. The molecule has 3 aromatic carbocycles. The number of halogens is 1. The molecule has 0 saturated carbocycles. The normalized spacial score (nSPS) is 10.9. The predicted molar refractivity (Wildman–Crippen MR) is 120 cm³/mol. The average molecular weight is 461 g/mol. The zero-order valence-electron chi connectivity index (χ0n) is 16.7. The van der Waals surface area contributed by atoms with Crippen molar-refractivity contribution in [1.82, 2.24) is 5.32 Å². The van der Waals surface area contributed by atoms with Crippen molar-refractivity contribution < 1.29 is 22.7 Å². The molecule has 2 N–H and O–H groups in total. The summed E-state index contributed by atoms with van der Waals surface area (Å²) in [6.07, 6.45) is 0. The molecule has 0 atom stereocenters. The van der Waals surface area contributed by atoms with Gasteiger partial charge in [0.2, 0.25) is 0 Å². The van der Waals surface area contributed by atoms with E-state index in [1.807, 2.05) is 0 Å². The van der Waals surface area contributed by atoms with E-state index in [1.54, 1.807) is 49.6 Å². The van der Waals surface area contributed by atoms with Gasteiger partial charge in [-0.3, -0.25) is 9.52 Å².